The Morgan fingerprint density at radius 3 is 2.67 bits per heavy atom. The Morgan fingerprint density at radius 2 is 2.22 bits per heavy atom. The lowest BCUT2D eigenvalue weighted by Gasteiger charge is -2.18. The molecule has 9 heavy (non-hydrogen) atoms. The molecule has 0 saturated heterocycles. The smallest absolute Gasteiger partial charge is 0.133 e. The minimum absolute atomic E-state index is 0.0537. The summed E-state index contributed by atoms with van der Waals surface area (Å²) in [4.78, 5) is 11.2. The molecule has 0 bridgehead atoms. The van der Waals surface area contributed by atoms with Crippen LogP contribution in [0.15, 0.2) is 0 Å². The van der Waals surface area contributed by atoms with Gasteiger partial charge in [-0.1, -0.05) is 0 Å². The van der Waals surface area contributed by atoms with Gasteiger partial charge in [0.05, 0.1) is 6.10 Å². The highest BCUT2D eigenvalue weighted by Crippen LogP contribution is 2.16. The highest BCUT2D eigenvalue weighted by atomic mass is 16.5. The van der Waals surface area contributed by atoms with Gasteiger partial charge in [-0.15, -0.1) is 0 Å². The average Bonchev–Trinajstić information content (AvgIpc) is 1.99. The first kappa shape index (κ1) is 3.15. The normalized spacial score (nSPS) is 40.3. The van der Waals surface area contributed by atoms with Crippen molar-refractivity contribution < 1.29 is 15.0 Å². The van der Waals surface area contributed by atoms with Crippen LogP contribution < -0.4 is 0 Å². The van der Waals surface area contributed by atoms with Crippen LogP contribution in [0.5, 0.6) is 0 Å². The first-order valence-electron chi connectivity index (χ1n) is 4.87. The zero-order chi connectivity index (χ0) is 10.3. The van der Waals surface area contributed by atoms with Gasteiger partial charge in [0.25, 0.3) is 0 Å². The van der Waals surface area contributed by atoms with E-state index < -0.39 is 24.6 Å². The lowest BCUT2D eigenvalue weighted by molar-refractivity contribution is -0.122. The molecular weight excluding hydrogens is 116 g/mol. The topological polar surface area (TPSA) is 26.3 Å². The Hall–Kier alpha value is -0.370. The molecule has 2 heteroatoms. The zero-order valence-corrected chi connectivity index (χ0v) is 5.31. The van der Waals surface area contributed by atoms with Crippen LogP contribution in [0.1, 0.15) is 31.1 Å². The fraction of sp³-hybridized carbons (Fsp3) is 0.857. The van der Waals surface area contributed by atoms with Gasteiger partial charge in [-0.2, -0.15) is 0 Å². The number of methoxy groups -OCH3 is 1. The molecule has 0 aromatic heterocycles. The van der Waals surface area contributed by atoms with Crippen LogP contribution in [0.2, 0.25) is 0 Å². The van der Waals surface area contributed by atoms with Crippen LogP contribution in [0.3, 0.4) is 0 Å². The van der Waals surface area contributed by atoms with E-state index in [4.69, 9.17) is 10.2 Å². The van der Waals surface area contributed by atoms with Gasteiger partial charge >= 0.3 is 0 Å². The maximum absolute atomic E-state index is 11.2. The highest BCUT2D eigenvalue weighted by molar-refractivity contribution is 5.79. The third-order valence-corrected chi connectivity index (χ3v) is 1.31. The van der Waals surface area contributed by atoms with E-state index in [0.29, 0.717) is 0 Å². The van der Waals surface area contributed by atoms with Crippen LogP contribution in [0, 0.1) is 0 Å². The van der Waals surface area contributed by atoms with Gasteiger partial charge in [-0.05, 0) is 12.8 Å². The summed E-state index contributed by atoms with van der Waals surface area (Å²) in [5.74, 6) is -0.965. The SMILES string of the molecule is [2H]C1([2H])CC(OC)CC([2H])([2H])C1=O. The molecule has 1 fully saturated rings. The van der Waals surface area contributed by atoms with E-state index >= 15 is 0 Å². The third-order valence-electron chi connectivity index (χ3n) is 1.31. The van der Waals surface area contributed by atoms with Crippen LogP contribution in [0.25, 0.3) is 0 Å². The zero-order valence-electron chi connectivity index (χ0n) is 9.31. The molecule has 1 saturated carbocycles. The van der Waals surface area contributed by atoms with E-state index in [9.17, 15) is 4.79 Å². The lowest BCUT2D eigenvalue weighted by atomic mass is 9.97. The molecule has 0 aliphatic heterocycles. The van der Waals surface area contributed by atoms with Gasteiger partial charge in [-0.25, -0.2) is 0 Å². The maximum Gasteiger partial charge on any atom is 0.133 e. The molecule has 0 amide bonds. The van der Waals surface area contributed by atoms with E-state index in [-0.39, 0.29) is 12.8 Å². The van der Waals surface area contributed by atoms with E-state index in [1.54, 1.807) is 0 Å². The number of ether oxygens (including phenoxy) is 1. The van der Waals surface area contributed by atoms with Gasteiger partial charge in [0, 0.05) is 25.3 Å². The fourth-order valence-corrected chi connectivity index (χ4v) is 0.714. The Balaban J connectivity index is 2.88. The summed E-state index contributed by atoms with van der Waals surface area (Å²) in [6, 6.07) is 0. The first-order chi connectivity index (χ1) is 5.79. The minimum atomic E-state index is -2.09. The molecule has 1 aliphatic rings. The van der Waals surface area contributed by atoms with Crippen LogP contribution >= 0.6 is 0 Å². The van der Waals surface area contributed by atoms with E-state index in [0.717, 1.165) is 0 Å². The predicted molar refractivity (Wildman–Crippen MR) is 34.3 cm³/mol. The van der Waals surface area contributed by atoms with E-state index in [1.807, 2.05) is 0 Å². The Labute approximate surface area is 60.8 Å². The average molecular weight is 132 g/mol. The van der Waals surface area contributed by atoms with E-state index in [2.05, 4.69) is 0 Å². The molecular formula is C7H12O2. The number of carbonyl (C=O) groups is 1. The van der Waals surface area contributed by atoms with E-state index in [1.165, 1.54) is 7.11 Å². The van der Waals surface area contributed by atoms with Gasteiger partial charge < -0.3 is 4.74 Å². The van der Waals surface area contributed by atoms with Gasteiger partial charge in [-0.3, -0.25) is 4.79 Å². The molecule has 0 spiro atoms. The summed E-state index contributed by atoms with van der Waals surface area (Å²) in [5, 5.41) is 0. The summed E-state index contributed by atoms with van der Waals surface area (Å²) in [7, 11) is 1.40. The largest absolute Gasteiger partial charge is 0.381 e. The number of rotatable bonds is 1. The number of ketones is 1. The van der Waals surface area contributed by atoms with Crippen molar-refractivity contribution in [1.82, 2.24) is 0 Å². The van der Waals surface area contributed by atoms with Crippen molar-refractivity contribution >= 4 is 5.78 Å². The van der Waals surface area contributed by atoms with Crippen molar-refractivity contribution in [2.45, 2.75) is 31.7 Å². The molecule has 0 N–H and O–H groups in total. The fourth-order valence-electron chi connectivity index (χ4n) is 0.714. The number of hydrogen-bond donors (Lipinski definition) is 0. The Kier molecular flexibility index (Phi) is 1.04. The molecule has 0 radical (unpaired) electrons. The summed E-state index contributed by atoms with van der Waals surface area (Å²) < 4.78 is 34.2. The third kappa shape index (κ3) is 1.79. The van der Waals surface area contributed by atoms with Crippen LogP contribution in [0.4, 0.5) is 0 Å². The molecule has 52 valence electrons. The van der Waals surface area contributed by atoms with Gasteiger partial charge in [0.2, 0.25) is 0 Å². The van der Waals surface area contributed by atoms with Crippen LogP contribution in [-0.4, -0.2) is 19.0 Å². The van der Waals surface area contributed by atoms with Crippen molar-refractivity contribution in [3.63, 3.8) is 0 Å². The quantitative estimate of drug-likeness (QED) is 0.535. The second-order valence-corrected chi connectivity index (χ2v) is 1.95. The Bertz CT molecular complexity index is 207. The standard InChI is InChI=1S/C7H12O2/c1-9-7-4-2-6(8)3-5-7/h7H,2-5H2,1H3/i2D2,3D2. The summed E-state index contributed by atoms with van der Waals surface area (Å²) in [6.07, 6.45) is -4.81. The molecule has 1 aliphatic carbocycles. The minimum Gasteiger partial charge on any atom is -0.381 e. The molecule has 2 nitrogen and oxygen atoms in total. The van der Waals surface area contributed by atoms with Crippen molar-refractivity contribution in [1.29, 1.82) is 0 Å². The first-order valence-corrected chi connectivity index (χ1v) is 2.87. The summed E-state index contributed by atoms with van der Waals surface area (Å²) in [5.41, 5.74) is 0. The van der Waals surface area contributed by atoms with Crippen molar-refractivity contribution in [2.24, 2.45) is 0 Å². The second kappa shape index (κ2) is 2.97. The summed E-state index contributed by atoms with van der Waals surface area (Å²) in [6.45, 7) is 0. The van der Waals surface area contributed by atoms with Crippen LogP contribution in [-0.2, 0) is 9.53 Å². The Morgan fingerprint density at radius 1 is 1.67 bits per heavy atom. The highest BCUT2D eigenvalue weighted by Gasteiger charge is 2.17. The van der Waals surface area contributed by atoms with Crippen molar-refractivity contribution in [2.75, 3.05) is 7.11 Å². The summed E-state index contributed by atoms with van der Waals surface area (Å²) >= 11 is 0. The maximum atomic E-state index is 11.2. The number of hydrogen-bond acceptors (Lipinski definition) is 2. The van der Waals surface area contributed by atoms with Crippen molar-refractivity contribution in [3.05, 3.63) is 0 Å². The van der Waals surface area contributed by atoms with Crippen molar-refractivity contribution in [3.8, 4) is 0 Å². The molecule has 1 rings (SSSR count). The lowest BCUT2D eigenvalue weighted by Crippen LogP contribution is -2.19. The molecule has 0 heterocycles. The second-order valence-electron chi connectivity index (χ2n) is 1.95. The van der Waals surface area contributed by atoms with Gasteiger partial charge in [0.1, 0.15) is 5.78 Å². The monoisotopic (exact) mass is 132 g/mol. The van der Waals surface area contributed by atoms with Gasteiger partial charge in [0.15, 0.2) is 0 Å². The number of Topliss-reactive ketones (excluding diaryl/α,β-unsaturated/α-hetero) is 1. The molecule has 0 aromatic rings. The molecule has 0 unspecified atom stereocenters. The number of carbonyl (C=O) groups excluding carboxylic acids is 1. The molecule has 0 aromatic carbocycles. The predicted octanol–water partition coefficient (Wildman–Crippen LogP) is 1.14. The molecule has 0 atom stereocenters.